The molecule has 2 heteroatoms. The first-order valence-electron chi connectivity index (χ1n) is 10.9. The molecule has 0 fully saturated rings. The molecule has 1 aromatic carbocycles. The Labute approximate surface area is 173 Å². The molecule has 0 spiro atoms. The zero-order valence-corrected chi connectivity index (χ0v) is 18.5. The maximum absolute atomic E-state index is 5.60. The molecule has 0 amide bonds. The summed E-state index contributed by atoms with van der Waals surface area (Å²) in [4.78, 5) is 0. The van der Waals surface area contributed by atoms with Gasteiger partial charge in [0.05, 0.1) is 14.2 Å². The van der Waals surface area contributed by atoms with Crippen LogP contribution in [0.3, 0.4) is 0 Å². The van der Waals surface area contributed by atoms with Crippen molar-refractivity contribution in [1.29, 1.82) is 0 Å². The molecule has 2 nitrogen and oxygen atoms in total. The fourth-order valence-corrected chi connectivity index (χ4v) is 3.18. The van der Waals surface area contributed by atoms with Crippen LogP contribution in [0.5, 0.6) is 11.5 Å². The largest absolute Gasteiger partial charge is 0.496 e. The number of benzene rings is 1. The van der Waals surface area contributed by atoms with E-state index in [-0.39, 0.29) is 0 Å². The van der Waals surface area contributed by atoms with Gasteiger partial charge in [0.25, 0.3) is 0 Å². The summed E-state index contributed by atoms with van der Waals surface area (Å²) in [7, 11) is 3.43. The fraction of sp³-hybridized carbons (Fsp3) is 0.615. The summed E-state index contributed by atoms with van der Waals surface area (Å²) >= 11 is 0. The zero-order valence-electron chi connectivity index (χ0n) is 18.5. The topological polar surface area (TPSA) is 18.5 Å². The summed E-state index contributed by atoms with van der Waals surface area (Å²) in [6.07, 6.45) is 13.3. The van der Waals surface area contributed by atoms with Gasteiger partial charge in [-0.05, 0) is 25.0 Å². The van der Waals surface area contributed by atoms with E-state index in [1.807, 2.05) is 12.1 Å². The monoisotopic (exact) mass is 382 g/mol. The maximum Gasteiger partial charge on any atom is 0.123 e. The van der Waals surface area contributed by atoms with Gasteiger partial charge in [0.15, 0.2) is 0 Å². The standard InChI is InChI=1S/C26H38O2/c1-5-7-9-11-13-15-17-19-23-24(20-18-16-14-12-10-8-6-2)26(28-4)22-21-25(23)27-3/h21-22H,5-14,19-20H2,1-4H3. The average Bonchev–Trinajstić information content (AvgIpc) is 2.72. The summed E-state index contributed by atoms with van der Waals surface area (Å²) in [5, 5.41) is 0. The zero-order chi connectivity index (χ0) is 20.5. The minimum absolute atomic E-state index is 0.682. The van der Waals surface area contributed by atoms with Crippen molar-refractivity contribution in [1.82, 2.24) is 0 Å². The average molecular weight is 383 g/mol. The van der Waals surface area contributed by atoms with Crippen molar-refractivity contribution in [2.24, 2.45) is 0 Å². The third-order valence-corrected chi connectivity index (χ3v) is 4.88. The molecule has 28 heavy (non-hydrogen) atoms. The SMILES string of the molecule is CCCCCCC#CCc1c(OC)ccc(OC)c1CC#CCCCCCC. The van der Waals surface area contributed by atoms with Gasteiger partial charge in [0.2, 0.25) is 0 Å². The Morgan fingerprint density at radius 3 is 1.39 bits per heavy atom. The van der Waals surface area contributed by atoms with E-state index in [1.165, 1.54) is 51.4 Å². The number of unbranched alkanes of at least 4 members (excludes halogenated alkanes) is 8. The Kier molecular flexibility index (Phi) is 13.7. The van der Waals surface area contributed by atoms with Crippen LogP contribution in [0, 0.1) is 23.7 Å². The molecule has 0 aromatic heterocycles. The Hall–Kier alpha value is -2.06. The predicted molar refractivity (Wildman–Crippen MR) is 120 cm³/mol. The fourth-order valence-electron chi connectivity index (χ4n) is 3.18. The van der Waals surface area contributed by atoms with Gasteiger partial charge in [-0.3, -0.25) is 0 Å². The molecular formula is C26H38O2. The lowest BCUT2D eigenvalue weighted by atomic mass is 9.99. The summed E-state index contributed by atoms with van der Waals surface area (Å²) < 4.78 is 11.2. The van der Waals surface area contributed by atoms with Crippen LogP contribution >= 0.6 is 0 Å². The van der Waals surface area contributed by atoms with Gasteiger partial charge in [0, 0.05) is 36.8 Å². The van der Waals surface area contributed by atoms with Crippen molar-refractivity contribution in [3.05, 3.63) is 23.3 Å². The van der Waals surface area contributed by atoms with Gasteiger partial charge in [0.1, 0.15) is 11.5 Å². The van der Waals surface area contributed by atoms with Crippen LogP contribution in [-0.2, 0) is 12.8 Å². The van der Waals surface area contributed by atoms with Crippen molar-refractivity contribution in [3.63, 3.8) is 0 Å². The first kappa shape index (κ1) is 24.0. The van der Waals surface area contributed by atoms with Crippen LogP contribution in [0.25, 0.3) is 0 Å². The minimum atomic E-state index is 0.682. The van der Waals surface area contributed by atoms with E-state index < -0.39 is 0 Å². The van der Waals surface area contributed by atoms with E-state index in [9.17, 15) is 0 Å². The Bertz CT molecular complexity index is 608. The van der Waals surface area contributed by atoms with Gasteiger partial charge in [-0.2, -0.15) is 0 Å². The molecule has 0 unspecified atom stereocenters. The molecule has 1 rings (SSSR count). The lowest BCUT2D eigenvalue weighted by Gasteiger charge is -2.14. The lowest BCUT2D eigenvalue weighted by molar-refractivity contribution is 0.396. The van der Waals surface area contributed by atoms with E-state index in [0.717, 1.165) is 35.5 Å². The molecule has 0 aliphatic rings. The van der Waals surface area contributed by atoms with E-state index in [0.29, 0.717) is 12.8 Å². The third kappa shape index (κ3) is 9.23. The molecule has 0 aliphatic carbocycles. The number of methoxy groups -OCH3 is 2. The number of hydrogen-bond donors (Lipinski definition) is 0. The van der Waals surface area contributed by atoms with Crippen molar-refractivity contribution in [2.75, 3.05) is 14.2 Å². The van der Waals surface area contributed by atoms with Crippen molar-refractivity contribution in [3.8, 4) is 35.2 Å². The quantitative estimate of drug-likeness (QED) is 0.294. The lowest BCUT2D eigenvalue weighted by Crippen LogP contribution is -2.01. The molecule has 0 saturated carbocycles. The summed E-state index contributed by atoms with van der Waals surface area (Å²) in [6.45, 7) is 4.47. The first-order chi connectivity index (χ1) is 13.8. The second-order valence-corrected chi connectivity index (χ2v) is 7.11. The van der Waals surface area contributed by atoms with Gasteiger partial charge >= 0.3 is 0 Å². The maximum atomic E-state index is 5.60. The molecule has 0 saturated heterocycles. The summed E-state index contributed by atoms with van der Waals surface area (Å²) in [5.74, 6) is 15.1. The predicted octanol–water partition coefficient (Wildman–Crippen LogP) is 6.74. The van der Waals surface area contributed by atoms with Crippen LogP contribution in [0.2, 0.25) is 0 Å². The van der Waals surface area contributed by atoms with E-state index in [4.69, 9.17) is 9.47 Å². The van der Waals surface area contributed by atoms with Gasteiger partial charge in [-0.25, -0.2) is 0 Å². The van der Waals surface area contributed by atoms with E-state index in [1.54, 1.807) is 14.2 Å². The Morgan fingerprint density at radius 1 is 0.607 bits per heavy atom. The van der Waals surface area contributed by atoms with Gasteiger partial charge < -0.3 is 9.47 Å². The van der Waals surface area contributed by atoms with Crippen LogP contribution in [0.1, 0.15) is 89.2 Å². The van der Waals surface area contributed by atoms with Gasteiger partial charge in [-0.15, -0.1) is 11.8 Å². The van der Waals surface area contributed by atoms with Crippen LogP contribution in [0.15, 0.2) is 12.1 Å². The smallest absolute Gasteiger partial charge is 0.123 e. The molecule has 1 aromatic rings. The number of rotatable bonds is 12. The van der Waals surface area contributed by atoms with Crippen molar-refractivity contribution < 1.29 is 9.47 Å². The molecule has 154 valence electrons. The van der Waals surface area contributed by atoms with Crippen LogP contribution < -0.4 is 9.47 Å². The van der Waals surface area contributed by atoms with Crippen molar-refractivity contribution >= 4 is 0 Å². The summed E-state index contributed by atoms with van der Waals surface area (Å²) in [5.41, 5.74) is 2.23. The number of ether oxygens (including phenoxy) is 2. The minimum Gasteiger partial charge on any atom is -0.496 e. The molecule has 0 atom stereocenters. The van der Waals surface area contributed by atoms with Crippen LogP contribution in [0.4, 0.5) is 0 Å². The highest BCUT2D eigenvalue weighted by molar-refractivity contribution is 5.51. The first-order valence-corrected chi connectivity index (χ1v) is 10.9. The van der Waals surface area contributed by atoms with E-state index in [2.05, 4.69) is 37.5 Å². The second kappa shape index (κ2) is 15.9. The summed E-state index contributed by atoms with van der Waals surface area (Å²) in [6, 6.07) is 3.94. The van der Waals surface area contributed by atoms with Crippen molar-refractivity contribution in [2.45, 2.75) is 90.9 Å². The van der Waals surface area contributed by atoms with Gasteiger partial charge in [-0.1, -0.05) is 64.2 Å². The Morgan fingerprint density at radius 2 is 1.04 bits per heavy atom. The van der Waals surface area contributed by atoms with E-state index >= 15 is 0 Å². The Balaban J connectivity index is 2.80. The second-order valence-electron chi connectivity index (χ2n) is 7.11. The normalized spacial score (nSPS) is 9.86. The molecular weight excluding hydrogens is 344 g/mol. The highest BCUT2D eigenvalue weighted by atomic mass is 16.5. The molecule has 0 aliphatic heterocycles. The van der Waals surface area contributed by atoms with Crippen LogP contribution in [-0.4, -0.2) is 14.2 Å². The highest BCUT2D eigenvalue weighted by Gasteiger charge is 2.13. The number of hydrogen-bond acceptors (Lipinski definition) is 2. The third-order valence-electron chi connectivity index (χ3n) is 4.88. The molecule has 0 bridgehead atoms. The molecule has 0 radical (unpaired) electrons. The molecule has 0 heterocycles. The highest BCUT2D eigenvalue weighted by Crippen LogP contribution is 2.31. The molecule has 0 N–H and O–H groups in total.